The number of benzene rings is 2. The highest BCUT2D eigenvalue weighted by atomic mass is 16.1. The average Bonchev–Trinajstić information content (AvgIpc) is 3.17. The molecule has 0 radical (unpaired) electrons. The summed E-state index contributed by atoms with van der Waals surface area (Å²) in [5, 5.41) is 7.26. The lowest BCUT2D eigenvalue weighted by atomic mass is 9.87. The fraction of sp³-hybridized carbons (Fsp3) is 0.211. The average molecular weight is 318 g/mol. The minimum atomic E-state index is -0.0400. The molecule has 1 N–H and O–H groups in total. The zero-order chi connectivity index (χ0) is 16.4. The third kappa shape index (κ3) is 2.80. The molecule has 2 aromatic carbocycles. The van der Waals surface area contributed by atoms with E-state index in [1.54, 1.807) is 11.0 Å². The van der Waals surface area contributed by atoms with E-state index in [0.717, 1.165) is 24.9 Å². The molecule has 1 atom stereocenters. The van der Waals surface area contributed by atoms with Crippen molar-refractivity contribution in [3.63, 3.8) is 0 Å². The predicted octanol–water partition coefficient (Wildman–Crippen LogP) is 3.07. The van der Waals surface area contributed by atoms with Crippen LogP contribution in [0.4, 0.5) is 0 Å². The topological polar surface area (TPSA) is 59.8 Å². The highest BCUT2D eigenvalue weighted by molar-refractivity contribution is 5.94. The van der Waals surface area contributed by atoms with Gasteiger partial charge in [-0.1, -0.05) is 24.3 Å². The predicted molar refractivity (Wildman–Crippen MR) is 90.9 cm³/mol. The van der Waals surface area contributed by atoms with E-state index in [2.05, 4.69) is 33.6 Å². The maximum atomic E-state index is 12.6. The second-order valence-corrected chi connectivity index (χ2v) is 6.00. The molecule has 1 amide bonds. The molecule has 1 aliphatic carbocycles. The maximum Gasteiger partial charge on any atom is 0.251 e. The summed E-state index contributed by atoms with van der Waals surface area (Å²) < 4.78 is 1.67. The number of carbonyl (C=O) groups excluding carboxylic acids is 1. The Hall–Kier alpha value is -2.95. The molecule has 0 spiro atoms. The normalized spacial score (nSPS) is 16.4. The minimum absolute atomic E-state index is 0.0400. The summed E-state index contributed by atoms with van der Waals surface area (Å²) in [5.41, 5.74) is 4.13. The third-order valence-electron chi connectivity index (χ3n) is 4.49. The molecule has 5 nitrogen and oxygen atoms in total. The first kappa shape index (κ1) is 14.6. The Kier molecular flexibility index (Phi) is 3.83. The molecule has 0 bridgehead atoms. The Bertz CT molecular complexity index is 840. The Balaban J connectivity index is 1.51. The van der Waals surface area contributed by atoms with Gasteiger partial charge in [0.15, 0.2) is 0 Å². The number of hydrogen-bond acceptors (Lipinski definition) is 3. The van der Waals surface area contributed by atoms with E-state index in [9.17, 15) is 4.79 Å². The van der Waals surface area contributed by atoms with Crippen LogP contribution in [0.3, 0.4) is 0 Å². The van der Waals surface area contributed by atoms with Crippen molar-refractivity contribution in [2.24, 2.45) is 0 Å². The fourth-order valence-corrected chi connectivity index (χ4v) is 3.25. The zero-order valence-corrected chi connectivity index (χ0v) is 13.2. The largest absolute Gasteiger partial charge is 0.345 e. The first-order valence-electron chi connectivity index (χ1n) is 8.15. The van der Waals surface area contributed by atoms with E-state index in [0.29, 0.717) is 5.56 Å². The molecule has 24 heavy (non-hydrogen) atoms. The smallest absolute Gasteiger partial charge is 0.251 e. The van der Waals surface area contributed by atoms with E-state index in [4.69, 9.17) is 0 Å². The van der Waals surface area contributed by atoms with Gasteiger partial charge in [0, 0.05) is 5.56 Å². The Morgan fingerprint density at radius 2 is 1.96 bits per heavy atom. The molecule has 120 valence electrons. The van der Waals surface area contributed by atoms with Crippen molar-refractivity contribution in [2.75, 3.05) is 0 Å². The summed E-state index contributed by atoms with van der Waals surface area (Å²) in [6, 6.07) is 15.9. The molecule has 0 saturated heterocycles. The first-order chi connectivity index (χ1) is 11.8. The van der Waals surface area contributed by atoms with Crippen LogP contribution in [0.1, 0.15) is 40.4 Å². The van der Waals surface area contributed by atoms with Gasteiger partial charge in [0.25, 0.3) is 5.91 Å². The van der Waals surface area contributed by atoms with Crippen LogP contribution >= 0.6 is 0 Å². The monoisotopic (exact) mass is 318 g/mol. The van der Waals surface area contributed by atoms with Crippen molar-refractivity contribution in [3.8, 4) is 5.69 Å². The molecule has 0 unspecified atom stereocenters. The zero-order valence-electron chi connectivity index (χ0n) is 13.2. The number of aryl methyl sites for hydroxylation is 1. The van der Waals surface area contributed by atoms with Crippen LogP contribution in [-0.2, 0) is 6.42 Å². The molecule has 0 fully saturated rings. The van der Waals surface area contributed by atoms with Gasteiger partial charge in [-0.2, -0.15) is 5.10 Å². The van der Waals surface area contributed by atoms with Crippen molar-refractivity contribution in [3.05, 3.63) is 77.9 Å². The molecule has 1 aliphatic rings. The van der Waals surface area contributed by atoms with Crippen LogP contribution in [0, 0.1) is 0 Å². The van der Waals surface area contributed by atoms with Crippen molar-refractivity contribution in [1.82, 2.24) is 20.1 Å². The number of nitrogens with zero attached hydrogens (tertiary/aromatic N) is 3. The van der Waals surface area contributed by atoms with Crippen molar-refractivity contribution in [1.29, 1.82) is 0 Å². The minimum Gasteiger partial charge on any atom is -0.345 e. The highest BCUT2D eigenvalue weighted by Crippen LogP contribution is 2.29. The summed E-state index contributed by atoms with van der Waals surface area (Å²) in [7, 11) is 0. The fourth-order valence-electron chi connectivity index (χ4n) is 3.25. The van der Waals surface area contributed by atoms with Crippen molar-refractivity contribution >= 4 is 5.91 Å². The Labute approximate surface area is 140 Å². The molecule has 1 aromatic heterocycles. The number of carbonyl (C=O) groups is 1. The molecule has 4 rings (SSSR count). The lowest BCUT2D eigenvalue weighted by Crippen LogP contribution is -2.30. The van der Waals surface area contributed by atoms with E-state index in [1.807, 2.05) is 30.3 Å². The summed E-state index contributed by atoms with van der Waals surface area (Å²) in [4.78, 5) is 16.5. The first-order valence-corrected chi connectivity index (χ1v) is 8.15. The maximum absolute atomic E-state index is 12.6. The van der Waals surface area contributed by atoms with Gasteiger partial charge in [-0.3, -0.25) is 4.79 Å². The summed E-state index contributed by atoms with van der Waals surface area (Å²) in [5.74, 6) is -0.0400. The molecule has 1 heterocycles. The number of fused-ring (bicyclic) bond motifs is 1. The third-order valence-corrected chi connectivity index (χ3v) is 4.49. The lowest BCUT2D eigenvalue weighted by Gasteiger charge is -2.26. The van der Waals surface area contributed by atoms with E-state index in [1.165, 1.54) is 17.5 Å². The van der Waals surface area contributed by atoms with Crippen molar-refractivity contribution < 1.29 is 4.79 Å². The molecular weight excluding hydrogens is 300 g/mol. The van der Waals surface area contributed by atoms with Crippen LogP contribution in [0.2, 0.25) is 0 Å². The van der Waals surface area contributed by atoms with Gasteiger partial charge < -0.3 is 5.32 Å². The second kappa shape index (κ2) is 6.28. The van der Waals surface area contributed by atoms with E-state index in [-0.39, 0.29) is 11.9 Å². The number of rotatable bonds is 3. The van der Waals surface area contributed by atoms with Crippen LogP contribution in [0.25, 0.3) is 5.69 Å². The molecule has 3 aromatic rings. The standard InChI is InChI=1S/C19H18N4O/c24-19(15-8-10-16(11-9-15)23-13-20-12-21-23)22-18-7-3-5-14-4-1-2-6-17(14)18/h1-2,4,6,8-13,18H,3,5,7H2,(H,22,24)/t18-/m1/s1. The second-order valence-electron chi connectivity index (χ2n) is 6.00. The van der Waals surface area contributed by atoms with E-state index >= 15 is 0 Å². The highest BCUT2D eigenvalue weighted by Gasteiger charge is 2.21. The molecule has 5 heteroatoms. The quantitative estimate of drug-likeness (QED) is 0.807. The van der Waals surface area contributed by atoms with Gasteiger partial charge in [0.1, 0.15) is 12.7 Å². The number of amides is 1. The van der Waals surface area contributed by atoms with Crippen LogP contribution < -0.4 is 5.32 Å². The van der Waals surface area contributed by atoms with Gasteiger partial charge in [0.05, 0.1) is 11.7 Å². The molecule has 0 aliphatic heterocycles. The van der Waals surface area contributed by atoms with Gasteiger partial charge in [-0.05, 0) is 54.7 Å². The van der Waals surface area contributed by atoms with Crippen LogP contribution in [0.15, 0.2) is 61.2 Å². The number of aromatic nitrogens is 3. The number of nitrogens with one attached hydrogen (secondary N) is 1. The summed E-state index contributed by atoms with van der Waals surface area (Å²) in [6.07, 6.45) is 6.30. The summed E-state index contributed by atoms with van der Waals surface area (Å²) >= 11 is 0. The molecular formula is C19H18N4O. The van der Waals surface area contributed by atoms with Crippen molar-refractivity contribution in [2.45, 2.75) is 25.3 Å². The van der Waals surface area contributed by atoms with Crippen LogP contribution in [0.5, 0.6) is 0 Å². The lowest BCUT2D eigenvalue weighted by molar-refractivity contribution is 0.0933. The van der Waals surface area contributed by atoms with Gasteiger partial charge in [0.2, 0.25) is 0 Å². The van der Waals surface area contributed by atoms with Crippen LogP contribution in [-0.4, -0.2) is 20.7 Å². The number of hydrogen-bond donors (Lipinski definition) is 1. The van der Waals surface area contributed by atoms with Gasteiger partial charge in [-0.25, -0.2) is 9.67 Å². The van der Waals surface area contributed by atoms with Gasteiger partial charge >= 0.3 is 0 Å². The van der Waals surface area contributed by atoms with E-state index < -0.39 is 0 Å². The molecule has 0 saturated carbocycles. The summed E-state index contributed by atoms with van der Waals surface area (Å²) in [6.45, 7) is 0. The van der Waals surface area contributed by atoms with Gasteiger partial charge in [-0.15, -0.1) is 0 Å². The Morgan fingerprint density at radius 1 is 1.12 bits per heavy atom. The Morgan fingerprint density at radius 3 is 2.75 bits per heavy atom. The SMILES string of the molecule is O=C(N[C@@H]1CCCc2ccccc21)c1ccc(-n2cncn2)cc1.